The highest BCUT2D eigenvalue weighted by Gasteiger charge is 2.12. The van der Waals surface area contributed by atoms with Crippen LogP contribution in [0.25, 0.3) is 11.4 Å². The van der Waals surface area contributed by atoms with Gasteiger partial charge < -0.3 is 19.4 Å². The summed E-state index contributed by atoms with van der Waals surface area (Å²) in [6, 6.07) is 12.6. The van der Waals surface area contributed by atoms with Crippen LogP contribution < -0.4 is 14.8 Å². The predicted octanol–water partition coefficient (Wildman–Crippen LogP) is 3.62. The molecular weight excluding hydrogens is 344 g/mol. The maximum Gasteiger partial charge on any atom is 0.255 e. The van der Waals surface area contributed by atoms with Crippen molar-refractivity contribution >= 4 is 11.6 Å². The van der Waals surface area contributed by atoms with Crippen molar-refractivity contribution < 1.29 is 14.3 Å². The first-order chi connectivity index (χ1) is 13.2. The Labute approximate surface area is 158 Å². The van der Waals surface area contributed by atoms with Crippen molar-refractivity contribution in [1.82, 2.24) is 14.8 Å². The molecule has 1 heterocycles. The normalized spacial score (nSPS) is 10.5. The number of aryl methyl sites for hydroxylation is 1. The Balaban J connectivity index is 1.81. The zero-order valence-electron chi connectivity index (χ0n) is 15.6. The Hall–Kier alpha value is -3.35. The lowest BCUT2D eigenvalue weighted by Crippen LogP contribution is -2.12. The zero-order chi connectivity index (χ0) is 19.2. The largest absolute Gasteiger partial charge is 0.493 e. The van der Waals surface area contributed by atoms with Crippen LogP contribution in [0.3, 0.4) is 0 Å². The van der Waals surface area contributed by atoms with Gasteiger partial charge in [-0.25, -0.2) is 0 Å². The summed E-state index contributed by atoms with van der Waals surface area (Å²) in [6.07, 6.45) is 1.69. The zero-order valence-corrected chi connectivity index (χ0v) is 15.6. The average Bonchev–Trinajstić information content (AvgIpc) is 3.17. The van der Waals surface area contributed by atoms with Crippen molar-refractivity contribution in [2.45, 2.75) is 20.4 Å². The molecular formula is C20H22N4O3. The summed E-state index contributed by atoms with van der Waals surface area (Å²) in [5, 5.41) is 11.0. The summed E-state index contributed by atoms with van der Waals surface area (Å²) in [7, 11) is 1.55. The number of anilines is 1. The number of nitrogens with zero attached hydrogens (tertiary/aromatic N) is 3. The fraction of sp³-hybridized carbons (Fsp3) is 0.250. The molecule has 1 aromatic heterocycles. The SMILES string of the molecule is CCOc1ccc(C(=O)Nc2cccc(-c3nncn3CC)c2)cc1OC. The van der Waals surface area contributed by atoms with E-state index < -0.39 is 0 Å². The molecule has 3 rings (SSSR count). The lowest BCUT2D eigenvalue weighted by Gasteiger charge is -2.12. The van der Waals surface area contributed by atoms with E-state index in [9.17, 15) is 4.79 Å². The molecule has 0 radical (unpaired) electrons. The van der Waals surface area contributed by atoms with Crippen LogP contribution >= 0.6 is 0 Å². The topological polar surface area (TPSA) is 78.3 Å². The molecule has 140 valence electrons. The Kier molecular flexibility index (Phi) is 5.71. The van der Waals surface area contributed by atoms with Gasteiger partial charge in [-0.3, -0.25) is 4.79 Å². The molecule has 27 heavy (non-hydrogen) atoms. The van der Waals surface area contributed by atoms with Crippen molar-refractivity contribution in [2.24, 2.45) is 0 Å². The van der Waals surface area contributed by atoms with Crippen LogP contribution in [-0.2, 0) is 6.54 Å². The number of nitrogens with one attached hydrogen (secondary N) is 1. The Morgan fingerprint density at radius 2 is 2.00 bits per heavy atom. The lowest BCUT2D eigenvalue weighted by molar-refractivity contribution is 0.102. The van der Waals surface area contributed by atoms with Gasteiger partial charge in [0.2, 0.25) is 0 Å². The van der Waals surface area contributed by atoms with Crippen molar-refractivity contribution in [2.75, 3.05) is 19.0 Å². The van der Waals surface area contributed by atoms with Crippen LogP contribution in [0.15, 0.2) is 48.8 Å². The number of rotatable bonds is 7. The summed E-state index contributed by atoms with van der Waals surface area (Å²) in [5.41, 5.74) is 2.05. The number of hydrogen-bond acceptors (Lipinski definition) is 5. The number of amides is 1. The molecule has 0 aliphatic carbocycles. The molecule has 0 atom stereocenters. The molecule has 0 fully saturated rings. The van der Waals surface area contributed by atoms with Gasteiger partial charge in [0.05, 0.1) is 13.7 Å². The quantitative estimate of drug-likeness (QED) is 0.691. The van der Waals surface area contributed by atoms with E-state index in [-0.39, 0.29) is 5.91 Å². The Morgan fingerprint density at radius 1 is 1.15 bits per heavy atom. The first kappa shape index (κ1) is 18.4. The third-order valence-electron chi connectivity index (χ3n) is 4.06. The molecule has 7 heteroatoms. The second-order valence-corrected chi connectivity index (χ2v) is 5.77. The van der Waals surface area contributed by atoms with Crippen LogP contribution in [-0.4, -0.2) is 34.4 Å². The first-order valence-corrected chi connectivity index (χ1v) is 8.76. The van der Waals surface area contributed by atoms with Crippen molar-refractivity contribution in [1.29, 1.82) is 0 Å². The minimum absolute atomic E-state index is 0.231. The number of hydrogen-bond donors (Lipinski definition) is 1. The standard InChI is InChI=1S/C20H22N4O3/c1-4-24-13-21-23-19(24)14-7-6-8-16(11-14)22-20(25)15-9-10-17(27-5-2)18(12-15)26-3/h6-13H,4-5H2,1-3H3,(H,22,25). The van der Waals surface area contributed by atoms with Crippen LogP contribution in [0, 0.1) is 0 Å². The molecule has 1 N–H and O–H groups in total. The van der Waals surface area contributed by atoms with E-state index in [1.807, 2.05) is 42.7 Å². The van der Waals surface area contributed by atoms with Crippen LogP contribution in [0.5, 0.6) is 11.5 Å². The van der Waals surface area contributed by atoms with Crippen molar-refractivity contribution in [3.8, 4) is 22.9 Å². The van der Waals surface area contributed by atoms with Crippen molar-refractivity contribution in [3.63, 3.8) is 0 Å². The van der Waals surface area contributed by atoms with Gasteiger partial charge in [-0.2, -0.15) is 0 Å². The monoisotopic (exact) mass is 366 g/mol. The van der Waals surface area contributed by atoms with Crippen molar-refractivity contribution in [3.05, 3.63) is 54.4 Å². The van der Waals surface area contributed by atoms with Crippen LogP contribution in [0.4, 0.5) is 5.69 Å². The minimum atomic E-state index is -0.231. The predicted molar refractivity (Wildman–Crippen MR) is 103 cm³/mol. The molecule has 0 spiro atoms. The Bertz CT molecular complexity index is 936. The van der Waals surface area contributed by atoms with Crippen LogP contribution in [0.2, 0.25) is 0 Å². The smallest absolute Gasteiger partial charge is 0.255 e. The highest BCUT2D eigenvalue weighted by atomic mass is 16.5. The fourth-order valence-electron chi connectivity index (χ4n) is 2.73. The van der Waals surface area contributed by atoms with E-state index in [4.69, 9.17) is 9.47 Å². The number of carbonyl (C=O) groups is 1. The molecule has 0 unspecified atom stereocenters. The number of benzene rings is 2. The van der Waals surface area contributed by atoms with E-state index in [1.54, 1.807) is 31.6 Å². The van der Waals surface area contributed by atoms with Gasteiger partial charge in [-0.1, -0.05) is 12.1 Å². The molecule has 1 amide bonds. The second kappa shape index (κ2) is 8.35. The van der Waals surface area contributed by atoms with E-state index in [2.05, 4.69) is 15.5 Å². The summed E-state index contributed by atoms with van der Waals surface area (Å²) >= 11 is 0. The van der Waals surface area contributed by atoms with Gasteiger partial charge >= 0.3 is 0 Å². The maximum atomic E-state index is 12.6. The van der Waals surface area contributed by atoms with Gasteiger partial charge in [-0.15, -0.1) is 10.2 Å². The van der Waals surface area contributed by atoms with Gasteiger partial charge in [0.1, 0.15) is 6.33 Å². The molecule has 3 aromatic rings. The van der Waals surface area contributed by atoms with E-state index in [1.165, 1.54) is 0 Å². The molecule has 2 aromatic carbocycles. The molecule has 0 aliphatic rings. The first-order valence-electron chi connectivity index (χ1n) is 8.76. The summed E-state index contributed by atoms with van der Waals surface area (Å²) < 4.78 is 12.7. The molecule has 0 bridgehead atoms. The van der Waals surface area contributed by atoms with Gasteiger partial charge in [0.15, 0.2) is 17.3 Å². The highest BCUT2D eigenvalue weighted by molar-refractivity contribution is 6.04. The van der Waals surface area contributed by atoms with E-state index >= 15 is 0 Å². The summed E-state index contributed by atoms with van der Waals surface area (Å²) in [4.78, 5) is 12.6. The number of ether oxygens (including phenoxy) is 2. The minimum Gasteiger partial charge on any atom is -0.493 e. The number of aromatic nitrogens is 3. The summed E-state index contributed by atoms with van der Waals surface area (Å²) in [6.45, 7) is 5.21. The van der Waals surface area contributed by atoms with Gasteiger partial charge in [-0.05, 0) is 44.2 Å². The Morgan fingerprint density at radius 3 is 2.74 bits per heavy atom. The third-order valence-corrected chi connectivity index (χ3v) is 4.06. The average molecular weight is 366 g/mol. The maximum absolute atomic E-state index is 12.6. The molecule has 0 aliphatic heterocycles. The van der Waals surface area contributed by atoms with Gasteiger partial charge in [0, 0.05) is 23.4 Å². The molecule has 7 nitrogen and oxygen atoms in total. The molecule has 0 saturated carbocycles. The number of methoxy groups -OCH3 is 1. The summed E-state index contributed by atoms with van der Waals surface area (Å²) in [5.74, 6) is 1.66. The van der Waals surface area contributed by atoms with Gasteiger partial charge in [0.25, 0.3) is 5.91 Å². The highest BCUT2D eigenvalue weighted by Crippen LogP contribution is 2.28. The lowest BCUT2D eigenvalue weighted by atomic mass is 10.1. The van der Waals surface area contributed by atoms with E-state index in [0.717, 1.165) is 17.9 Å². The van der Waals surface area contributed by atoms with Crippen LogP contribution in [0.1, 0.15) is 24.2 Å². The molecule has 0 saturated heterocycles. The van der Waals surface area contributed by atoms with E-state index in [0.29, 0.717) is 29.4 Å². The second-order valence-electron chi connectivity index (χ2n) is 5.77. The fourth-order valence-corrected chi connectivity index (χ4v) is 2.73. The third kappa shape index (κ3) is 4.08. The number of carbonyl (C=O) groups excluding carboxylic acids is 1.